The van der Waals surface area contributed by atoms with Gasteiger partial charge in [0.25, 0.3) is 0 Å². The van der Waals surface area contributed by atoms with Crippen LogP contribution in [0.2, 0.25) is 0 Å². The number of hydrogen-bond donors (Lipinski definition) is 1. The Labute approximate surface area is 158 Å². The third-order valence-electron chi connectivity index (χ3n) is 4.22. The first-order chi connectivity index (χ1) is 11.8. The predicted octanol–water partition coefficient (Wildman–Crippen LogP) is 5.28. The first-order valence-corrected chi connectivity index (χ1v) is 11.3. The third-order valence-corrected chi connectivity index (χ3v) is 5.83. The van der Waals surface area contributed by atoms with Gasteiger partial charge in [-0.2, -0.15) is 0 Å². The van der Waals surface area contributed by atoms with Crippen molar-refractivity contribution in [3.05, 3.63) is 0 Å². The molecule has 0 fully saturated rings. The fourth-order valence-corrected chi connectivity index (χ4v) is 3.44. The maximum atomic E-state index is 12.3. The van der Waals surface area contributed by atoms with Crippen LogP contribution in [-0.4, -0.2) is 27.6 Å². The summed E-state index contributed by atoms with van der Waals surface area (Å²) in [6.07, 6.45) is 13.3. The summed E-state index contributed by atoms with van der Waals surface area (Å²) in [5.74, 6) is -0.281. The zero-order chi connectivity index (χ0) is 19.1. The minimum Gasteiger partial charge on any atom is -0.465 e. The van der Waals surface area contributed by atoms with Crippen molar-refractivity contribution in [1.82, 2.24) is 4.72 Å². The van der Waals surface area contributed by atoms with Crippen LogP contribution in [0.25, 0.3) is 0 Å². The highest BCUT2D eigenvalue weighted by Gasteiger charge is 2.27. The molecule has 0 aromatic heterocycles. The van der Waals surface area contributed by atoms with Crippen molar-refractivity contribution in [3.8, 4) is 0 Å². The molecular formula is C20H41NO3S. The molecule has 0 saturated heterocycles. The Morgan fingerprint density at radius 1 is 0.920 bits per heavy atom. The highest BCUT2D eigenvalue weighted by molar-refractivity contribution is 7.84. The molecule has 25 heavy (non-hydrogen) atoms. The number of ether oxygens (including phenoxy) is 1. The second-order valence-corrected chi connectivity index (χ2v) is 9.77. The molecule has 0 rings (SSSR count). The summed E-state index contributed by atoms with van der Waals surface area (Å²) in [7, 11) is -1.26. The Bertz CT molecular complexity index is 366. The maximum absolute atomic E-state index is 12.3. The Balaban J connectivity index is 3.99. The van der Waals surface area contributed by atoms with Gasteiger partial charge in [0.1, 0.15) is 6.04 Å². The quantitative estimate of drug-likeness (QED) is 0.313. The van der Waals surface area contributed by atoms with Crippen molar-refractivity contribution >= 4 is 17.0 Å². The van der Waals surface area contributed by atoms with E-state index in [9.17, 15) is 9.00 Å². The van der Waals surface area contributed by atoms with Gasteiger partial charge >= 0.3 is 5.97 Å². The van der Waals surface area contributed by atoms with Crippen molar-refractivity contribution in [2.24, 2.45) is 0 Å². The van der Waals surface area contributed by atoms with E-state index in [1.54, 1.807) is 6.92 Å². The van der Waals surface area contributed by atoms with Crippen LogP contribution in [0.4, 0.5) is 0 Å². The van der Waals surface area contributed by atoms with Crippen LogP contribution in [0.15, 0.2) is 0 Å². The SMILES string of the molecule is CCCCCCCCCCCC[C@@H](NS(=O)C(C)(C)C)C(=O)OCC. The summed E-state index contributed by atoms with van der Waals surface area (Å²) < 4.78 is 20.0. The summed E-state index contributed by atoms with van der Waals surface area (Å²) in [6, 6.07) is -0.464. The molecule has 0 aliphatic carbocycles. The molecule has 2 atom stereocenters. The summed E-state index contributed by atoms with van der Waals surface area (Å²) >= 11 is 0. The lowest BCUT2D eigenvalue weighted by molar-refractivity contribution is -0.145. The summed E-state index contributed by atoms with van der Waals surface area (Å²) in [4.78, 5) is 12.1. The monoisotopic (exact) mass is 375 g/mol. The molecule has 5 heteroatoms. The standard InChI is InChI=1S/C20H41NO3S/c1-6-8-9-10-11-12-13-14-15-16-17-18(19(22)24-7-2)21-25(23)20(3,4)5/h18,21H,6-17H2,1-5H3/t18-,25?/m1/s1. The lowest BCUT2D eigenvalue weighted by Gasteiger charge is -2.23. The van der Waals surface area contributed by atoms with Crippen molar-refractivity contribution < 1.29 is 13.7 Å². The number of nitrogens with one attached hydrogen (secondary N) is 1. The van der Waals surface area contributed by atoms with Gasteiger partial charge < -0.3 is 4.74 Å². The van der Waals surface area contributed by atoms with Crippen LogP contribution in [0.5, 0.6) is 0 Å². The van der Waals surface area contributed by atoms with E-state index in [4.69, 9.17) is 4.74 Å². The maximum Gasteiger partial charge on any atom is 0.324 e. The third kappa shape index (κ3) is 13.4. The second kappa shape index (κ2) is 14.7. The van der Waals surface area contributed by atoms with Crippen LogP contribution in [-0.2, 0) is 20.5 Å². The highest BCUT2D eigenvalue weighted by atomic mass is 32.2. The van der Waals surface area contributed by atoms with E-state index in [2.05, 4.69) is 11.6 Å². The second-order valence-electron chi connectivity index (χ2n) is 7.77. The Kier molecular flexibility index (Phi) is 14.5. The minimum absolute atomic E-state index is 0.281. The number of rotatable bonds is 15. The molecule has 0 aliphatic heterocycles. The van der Waals surface area contributed by atoms with Gasteiger partial charge in [-0.25, -0.2) is 8.93 Å². The molecule has 1 unspecified atom stereocenters. The van der Waals surface area contributed by atoms with Crippen molar-refractivity contribution in [2.45, 2.75) is 116 Å². The molecule has 0 bridgehead atoms. The van der Waals surface area contributed by atoms with E-state index < -0.39 is 17.0 Å². The highest BCUT2D eigenvalue weighted by Crippen LogP contribution is 2.15. The van der Waals surface area contributed by atoms with Gasteiger partial charge in [-0.3, -0.25) is 4.79 Å². The molecule has 0 spiro atoms. The first kappa shape index (κ1) is 24.6. The lowest BCUT2D eigenvalue weighted by atomic mass is 10.0. The molecule has 0 saturated carbocycles. The number of unbranched alkanes of at least 4 members (excludes halogenated alkanes) is 9. The van der Waals surface area contributed by atoms with Crippen molar-refractivity contribution in [3.63, 3.8) is 0 Å². The van der Waals surface area contributed by atoms with Gasteiger partial charge in [0, 0.05) is 0 Å². The van der Waals surface area contributed by atoms with Gasteiger partial charge in [-0.15, -0.1) is 0 Å². The molecule has 0 heterocycles. The van der Waals surface area contributed by atoms with Crippen molar-refractivity contribution in [2.75, 3.05) is 6.61 Å². The van der Waals surface area contributed by atoms with E-state index in [0.29, 0.717) is 13.0 Å². The molecule has 150 valence electrons. The van der Waals surface area contributed by atoms with Crippen LogP contribution in [0.1, 0.15) is 105 Å². The van der Waals surface area contributed by atoms with Gasteiger partial charge in [0.05, 0.1) is 22.3 Å². The fraction of sp³-hybridized carbons (Fsp3) is 0.950. The number of carbonyl (C=O) groups is 1. The molecule has 4 nitrogen and oxygen atoms in total. The van der Waals surface area contributed by atoms with Crippen LogP contribution in [0.3, 0.4) is 0 Å². The number of esters is 1. The zero-order valence-electron chi connectivity index (χ0n) is 17.2. The molecule has 0 radical (unpaired) electrons. The van der Waals surface area contributed by atoms with Gasteiger partial charge in [0.2, 0.25) is 0 Å². The first-order valence-electron chi connectivity index (χ1n) is 10.2. The van der Waals surface area contributed by atoms with E-state index in [0.717, 1.165) is 12.8 Å². The van der Waals surface area contributed by atoms with Crippen LogP contribution >= 0.6 is 0 Å². The van der Waals surface area contributed by atoms with E-state index in [-0.39, 0.29) is 10.7 Å². The normalized spacial score (nSPS) is 14.3. The van der Waals surface area contributed by atoms with Crippen molar-refractivity contribution in [1.29, 1.82) is 0 Å². The van der Waals surface area contributed by atoms with E-state index in [1.165, 1.54) is 51.4 Å². The van der Waals surface area contributed by atoms with Gasteiger partial charge in [-0.1, -0.05) is 71.1 Å². The van der Waals surface area contributed by atoms with Crippen LogP contribution in [0, 0.1) is 0 Å². The van der Waals surface area contributed by atoms with Crippen LogP contribution < -0.4 is 4.72 Å². The van der Waals surface area contributed by atoms with Gasteiger partial charge in [0.15, 0.2) is 0 Å². The average molecular weight is 376 g/mol. The molecular weight excluding hydrogens is 334 g/mol. The molecule has 0 aromatic carbocycles. The largest absolute Gasteiger partial charge is 0.465 e. The number of carbonyl (C=O) groups excluding carboxylic acids is 1. The van der Waals surface area contributed by atoms with Gasteiger partial charge in [-0.05, 0) is 34.1 Å². The van der Waals surface area contributed by atoms with E-state index in [1.807, 2.05) is 20.8 Å². The smallest absolute Gasteiger partial charge is 0.324 e. The molecule has 1 N–H and O–H groups in total. The van der Waals surface area contributed by atoms with E-state index >= 15 is 0 Å². The molecule has 0 amide bonds. The average Bonchev–Trinajstić information content (AvgIpc) is 2.54. The molecule has 0 aliphatic rings. The summed E-state index contributed by atoms with van der Waals surface area (Å²) in [6.45, 7) is 10.1. The molecule has 0 aromatic rings. The topological polar surface area (TPSA) is 55.4 Å². The Morgan fingerprint density at radius 3 is 1.84 bits per heavy atom. The lowest BCUT2D eigenvalue weighted by Crippen LogP contribution is -2.44. The summed E-state index contributed by atoms with van der Waals surface area (Å²) in [5.41, 5.74) is 0. The number of hydrogen-bond acceptors (Lipinski definition) is 3. The summed E-state index contributed by atoms with van der Waals surface area (Å²) in [5, 5.41) is 0. The fourth-order valence-electron chi connectivity index (χ4n) is 2.61. The Morgan fingerprint density at radius 2 is 1.40 bits per heavy atom. The Hall–Kier alpha value is -0.420. The predicted molar refractivity (Wildman–Crippen MR) is 108 cm³/mol. The zero-order valence-corrected chi connectivity index (χ0v) is 18.0. The minimum atomic E-state index is -1.26.